The highest BCUT2D eigenvalue weighted by Gasteiger charge is 2.33. The Bertz CT molecular complexity index is 72.5. The molecule has 2 nitrogen and oxygen atoms in total. The van der Waals surface area contributed by atoms with Crippen LogP contribution in [0.2, 0.25) is 0 Å². The zero-order valence-corrected chi connectivity index (χ0v) is 4.80. The van der Waals surface area contributed by atoms with E-state index < -0.39 is 0 Å². The molecule has 2 rings (SSSR count). The second kappa shape index (κ2) is 1.71. The maximum Gasteiger partial charge on any atom is 0.160 e. The van der Waals surface area contributed by atoms with Crippen LogP contribution in [0.1, 0.15) is 12.8 Å². The lowest BCUT2D eigenvalue weighted by Crippen LogP contribution is -2.08. The van der Waals surface area contributed by atoms with Crippen LogP contribution in [0.15, 0.2) is 0 Å². The van der Waals surface area contributed by atoms with E-state index in [0.29, 0.717) is 0 Å². The molecule has 0 aromatic heterocycles. The second-order valence-electron chi connectivity index (χ2n) is 2.45. The van der Waals surface area contributed by atoms with Gasteiger partial charge in [0.25, 0.3) is 0 Å². The fraction of sp³-hybridized carbons (Fsp3) is 1.00. The van der Waals surface area contributed by atoms with Crippen molar-refractivity contribution in [2.75, 3.05) is 13.2 Å². The van der Waals surface area contributed by atoms with E-state index in [4.69, 9.17) is 9.47 Å². The molecule has 46 valence electrons. The molecule has 0 bridgehead atoms. The molecule has 0 aliphatic carbocycles. The number of rotatable bonds is 0. The first-order valence-corrected chi connectivity index (χ1v) is 3.20. The van der Waals surface area contributed by atoms with Crippen molar-refractivity contribution in [3.05, 3.63) is 0 Å². The molecular weight excluding hydrogens is 104 g/mol. The van der Waals surface area contributed by atoms with Gasteiger partial charge in [-0.2, -0.15) is 0 Å². The molecular formula is C6H10O2. The van der Waals surface area contributed by atoms with E-state index in [9.17, 15) is 0 Å². The van der Waals surface area contributed by atoms with Gasteiger partial charge in [-0.25, -0.2) is 0 Å². The van der Waals surface area contributed by atoms with Crippen molar-refractivity contribution in [2.24, 2.45) is 5.92 Å². The molecule has 0 saturated carbocycles. The van der Waals surface area contributed by atoms with Crippen LogP contribution in [0.4, 0.5) is 0 Å². The molecule has 0 amide bonds. The third-order valence-corrected chi connectivity index (χ3v) is 1.93. The van der Waals surface area contributed by atoms with E-state index in [-0.39, 0.29) is 6.29 Å². The van der Waals surface area contributed by atoms with Gasteiger partial charge in [0, 0.05) is 5.92 Å². The smallest absolute Gasteiger partial charge is 0.160 e. The van der Waals surface area contributed by atoms with Gasteiger partial charge in [-0.3, -0.25) is 0 Å². The lowest BCUT2D eigenvalue weighted by atomic mass is 10.1. The molecule has 0 spiro atoms. The second-order valence-corrected chi connectivity index (χ2v) is 2.45. The standard InChI is InChI=1S/C6H10O2/c1-3-7-6-5(1)2-4-8-6/h5-6H,1-4H2. The van der Waals surface area contributed by atoms with Crippen LogP contribution in [-0.2, 0) is 9.47 Å². The van der Waals surface area contributed by atoms with Crippen LogP contribution in [0.25, 0.3) is 0 Å². The van der Waals surface area contributed by atoms with Crippen molar-refractivity contribution in [1.29, 1.82) is 0 Å². The zero-order chi connectivity index (χ0) is 5.40. The summed E-state index contributed by atoms with van der Waals surface area (Å²) in [5.41, 5.74) is 0. The van der Waals surface area contributed by atoms with Crippen molar-refractivity contribution in [1.82, 2.24) is 0 Å². The Morgan fingerprint density at radius 2 is 1.62 bits per heavy atom. The summed E-state index contributed by atoms with van der Waals surface area (Å²) in [6.45, 7) is 1.82. The molecule has 0 radical (unpaired) electrons. The summed E-state index contributed by atoms with van der Waals surface area (Å²) >= 11 is 0. The summed E-state index contributed by atoms with van der Waals surface area (Å²) in [4.78, 5) is 0. The number of fused-ring (bicyclic) bond motifs is 1. The molecule has 2 aliphatic heterocycles. The first-order chi connectivity index (χ1) is 3.97. The number of ether oxygens (including phenoxy) is 2. The Labute approximate surface area is 48.8 Å². The Morgan fingerprint density at radius 1 is 1.00 bits per heavy atom. The number of hydrogen-bond acceptors (Lipinski definition) is 2. The van der Waals surface area contributed by atoms with Crippen LogP contribution < -0.4 is 0 Å². The highest BCUT2D eigenvalue weighted by Crippen LogP contribution is 2.30. The van der Waals surface area contributed by atoms with Crippen LogP contribution in [0.3, 0.4) is 0 Å². The zero-order valence-electron chi connectivity index (χ0n) is 4.80. The largest absolute Gasteiger partial charge is 0.352 e. The fourth-order valence-corrected chi connectivity index (χ4v) is 1.41. The van der Waals surface area contributed by atoms with Gasteiger partial charge < -0.3 is 9.47 Å². The molecule has 0 aromatic rings. The fourth-order valence-electron chi connectivity index (χ4n) is 1.41. The van der Waals surface area contributed by atoms with E-state index in [1.165, 1.54) is 12.8 Å². The summed E-state index contributed by atoms with van der Waals surface area (Å²) in [5.74, 6) is 0.731. The topological polar surface area (TPSA) is 18.5 Å². The first kappa shape index (κ1) is 4.77. The molecule has 2 fully saturated rings. The lowest BCUT2D eigenvalue weighted by Gasteiger charge is -2.03. The first-order valence-electron chi connectivity index (χ1n) is 3.20. The van der Waals surface area contributed by atoms with Crippen molar-refractivity contribution in [3.8, 4) is 0 Å². The van der Waals surface area contributed by atoms with E-state index in [2.05, 4.69) is 0 Å². The van der Waals surface area contributed by atoms with Gasteiger partial charge in [0.1, 0.15) is 0 Å². The van der Waals surface area contributed by atoms with E-state index in [1.54, 1.807) is 0 Å². The third-order valence-electron chi connectivity index (χ3n) is 1.93. The summed E-state index contributed by atoms with van der Waals surface area (Å²) in [5, 5.41) is 0. The molecule has 2 saturated heterocycles. The van der Waals surface area contributed by atoms with Crippen LogP contribution in [0, 0.1) is 5.92 Å². The Balaban J connectivity index is 2.04. The van der Waals surface area contributed by atoms with Gasteiger partial charge >= 0.3 is 0 Å². The van der Waals surface area contributed by atoms with Crippen LogP contribution in [0.5, 0.6) is 0 Å². The molecule has 2 aliphatic rings. The molecule has 0 aromatic carbocycles. The average Bonchev–Trinajstić information content (AvgIpc) is 2.15. The minimum Gasteiger partial charge on any atom is -0.352 e. The van der Waals surface area contributed by atoms with Gasteiger partial charge in [0.2, 0.25) is 0 Å². The highest BCUT2D eigenvalue weighted by molar-refractivity contribution is 4.73. The minimum absolute atomic E-state index is 0.176. The lowest BCUT2D eigenvalue weighted by molar-refractivity contribution is -0.0904. The van der Waals surface area contributed by atoms with E-state index >= 15 is 0 Å². The third kappa shape index (κ3) is 0.565. The molecule has 0 N–H and O–H groups in total. The summed E-state index contributed by atoms with van der Waals surface area (Å²) in [6.07, 6.45) is 2.60. The predicted molar refractivity (Wildman–Crippen MR) is 28.4 cm³/mol. The molecule has 8 heavy (non-hydrogen) atoms. The maximum atomic E-state index is 5.25. The Hall–Kier alpha value is -0.0800. The predicted octanol–water partition coefficient (Wildman–Crippen LogP) is 0.769. The Kier molecular flexibility index (Phi) is 1.02. The SMILES string of the molecule is C1CC2CCOC2O1. The van der Waals surface area contributed by atoms with Gasteiger partial charge in [0.05, 0.1) is 13.2 Å². The van der Waals surface area contributed by atoms with Crippen molar-refractivity contribution in [2.45, 2.75) is 19.1 Å². The minimum atomic E-state index is 0.176. The molecule has 2 heterocycles. The van der Waals surface area contributed by atoms with Crippen molar-refractivity contribution >= 4 is 0 Å². The van der Waals surface area contributed by atoms with Gasteiger partial charge in [-0.15, -0.1) is 0 Å². The van der Waals surface area contributed by atoms with E-state index in [1.807, 2.05) is 0 Å². The monoisotopic (exact) mass is 114 g/mol. The van der Waals surface area contributed by atoms with Crippen molar-refractivity contribution in [3.63, 3.8) is 0 Å². The molecule has 0 unspecified atom stereocenters. The van der Waals surface area contributed by atoms with Crippen molar-refractivity contribution < 1.29 is 9.47 Å². The number of hydrogen-bond donors (Lipinski definition) is 0. The van der Waals surface area contributed by atoms with Gasteiger partial charge in [-0.05, 0) is 12.8 Å². The normalized spacial score (nSPS) is 45.0. The summed E-state index contributed by atoms with van der Waals surface area (Å²) in [6, 6.07) is 0. The van der Waals surface area contributed by atoms with Crippen LogP contribution >= 0.6 is 0 Å². The van der Waals surface area contributed by atoms with E-state index in [0.717, 1.165) is 19.1 Å². The highest BCUT2D eigenvalue weighted by atomic mass is 16.7. The Morgan fingerprint density at radius 3 is 2.12 bits per heavy atom. The summed E-state index contributed by atoms with van der Waals surface area (Å²) < 4.78 is 10.5. The quantitative estimate of drug-likeness (QED) is 0.463. The van der Waals surface area contributed by atoms with Gasteiger partial charge in [-0.1, -0.05) is 0 Å². The van der Waals surface area contributed by atoms with Crippen LogP contribution in [-0.4, -0.2) is 19.5 Å². The average molecular weight is 114 g/mol. The molecule has 2 heteroatoms. The van der Waals surface area contributed by atoms with Gasteiger partial charge in [0.15, 0.2) is 6.29 Å². The maximum absolute atomic E-state index is 5.25. The molecule has 0 atom stereocenters. The summed E-state index contributed by atoms with van der Waals surface area (Å²) in [7, 11) is 0.